The molecule has 0 radical (unpaired) electrons. The van der Waals surface area contributed by atoms with Crippen LogP contribution in [0.1, 0.15) is 26.0 Å². The highest BCUT2D eigenvalue weighted by molar-refractivity contribution is 5.97. The fourth-order valence-corrected chi connectivity index (χ4v) is 1.94. The fourth-order valence-electron chi connectivity index (χ4n) is 1.94. The highest BCUT2D eigenvalue weighted by Gasteiger charge is 2.15. The lowest BCUT2D eigenvalue weighted by Gasteiger charge is -2.09. The van der Waals surface area contributed by atoms with Crippen LogP contribution in [0, 0.1) is 21.4 Å². The SMILES string of the molecule is CC[C@H](C)OC(=O)/C(C#N)=C\c1ccc(-c2ccc([N+](=O)[O-])cc2)o1. The molecule has 128 valence electrons. The summed E-state index contributed by atoms with van der Waals surface area (Å²) in [4.78, 5) is 22.1. The number of benzene rings is 1. The van der Waals surface area contributed by atoms with E-state index in [1.165, 1.54) is 18.2 Å². The highest BCUT2D eigenvalue weighted by Crippen LogP contribution is 2.25. The van der Waals surface area contributed by atoms with Crippen LogP contribution in [0.2, 0.25) is 0 Å². The molecule has 2 rings (SSSR count). The van der Waals surface area contributed by atoms with Crippen molar-refractivity contribution in [1.82, 2.24) is 0 Å². The van der Waals surface area contributed by atoms with E-state index in [1.807, 2.05) is 6.92 Å². The molecular weight excluding hydrogens is 324 g/mol. The predicted octanol–water partition coefficient (Wildman–Crippen LogP) is 4.10. The van der Waals surface area contributed by atoms with Gasteiger partial charge >= 0.3 is 5.97 Å². The van der Waals surface area contributed by atoms with Crippen LogP contribution in [0.15, 0.2) is 46.4 Å². The second kappa shape index (κ2) is 7.93. The first-order valence-electron chi connectivity index (χ1n) is 7.62. The summed E-state index contributed by atoms with van der Waals surface area (Å²) in [5, 5.41) is 19.8. The summed E-state index contributed by atoms with van der Waals surface area (Å²) in [6.07, 6.45) is 1.67. The molecule has 0 bridgehead atoms. The molecule has 0 N–H and O–H groups in total. The zero-order valence-corrected chi connectivity index (χ0v) is 13.8. The van der Waals surface area contributed by atoms with E-state index >= 15 is 0 Å². The van der Waals surface area contributed by atoms with Crippen LogP contribution in [0.25, 0.3) is 17.4 Å². The number of non-ortho nitro benzene ring substituents is 1. The van der Waals surface area contributed by atoms with E-state index in [-0.39, 0.29) is 17.4 Å². The summed E-state index contributed by atoms with van der Waals surface area (Å²) < 4.78 is 10.7. The van der Waals surface area contributed by atoms with E-state index < -0.39 is 10.9 Å². The molecule has 0 fully saturated rings. The predicted molar refractivity (Wildman–Crippen MR) is 90.2 cm³/mol. The molecule has 1 heterocycles. The standard InChI is InChI=1S/C18H16N2O5/c1-3-12(2)24-18(21)14(11-19)10-16-8-9-17(25-16)13-4-6-15(7-5-13)20(22)23/h4-10,12H,3H2,1-2H3/b14-10-/t12-/m0/s1. The van der Waals surface area contributed by atoms with Gasteiger partial charge in [-0.3, -0.25) is 10.1 Å². The Labute approximate surface area is 144 Å². The van der Waals surface area contributed by atoms with Gasteiger partial charge in [-0.1, -0.05) is 6.92 Å². The minimum atomic E-state index is -0.704. The number of nitro benzene ring substituents is 1. The van der Waals surface area contributed by atoms with Crippen molar-refractivity contribution < 1.29 is 18.9 Å². The van der Waals surface area contributed by atoms with Gasteiger partial charge in [0.25, 0.3) is 5.69 Å². The molecule has 0 saturated carbocycles. The van der Waals surface area contributed by atoms with Crippen LogP contribution in [0.3, 0.4) is 0 Å². The number of carbonyl (C=O) groups is 1. The third kappa shape index (κ3) is 4.54. The molecule has 0 aliphatic carbocycles. The molecule has 7 nitrogen and oxygen atoms in total. The van der Waals surface area contributed by atoms with Crippen molar-refractivity contribution in [1.29, 1.82) is 5.26 Å². The molecule has 0 aliphatic heterocycles. The zero-order valence-electron chi connectivity index (χ0n) is 13.8. The van der Waals surface area contributed by atoms with Crippen LogP contribution < -0.4 is 0 Å². The van der Waals surface area contributed by atoms with Gasteiger partial charge < -0.3 is 9.15 Å². The van der Waals surface area contributed by atoms with E-state index in [4.69, 9.17) is 14.4 Å². The second-order valence-electron chi connectivity index (χ2n) is 5.30. The molecule has 1 atom stereocenters. The minimum absolute atomic E-state index is 0.0185. The number of furan rings is 1. The summed E-state index contributed by atoms with van der Waals surface area (Å²) in [7, 11) is 0. The third-order valence-corrected chi connectivity index (χ3v) is 3.50. The van der Waals surface area contributed by atoms with Crippen LogP contribution in [-0.2, 0) is 9.53 Å². The Morgan fingerprint density at radius 2 is 2.04 bits per heavy atom. The largest absolute Gasteiger partial charge is 0.459 e. The van der Waals surface area contributed by atoms with Gasteiger partial charge in [-0.2, -0.15) is 5.26 Å². The van der Waals surface area contributed by atoms with Gasteiger partial charge in [0, 0.05) is 23.8 Å². The molecule has 7 heteroatoms. The Hall–Kier alpha value is -3.40. The Balaban J connectivity index is 2.20. The van der Waals surface area contributed by atoms with Crippen molar-refractivity contribution in [2.24, 2.45) is 0 Å². The molecule has 0 amide bonds. The molecule has 0 unspecified atom stereocenters. The lowest BCUT2D eigenvalue weighted by atomic mass is 10.1. The maximum Gasteiger partial charge on any atom is 0.349 e. The van der Waals surface area contributed by atoms with Crippen LogP contribution in [0.4, 0.5) is 5.69 Å². The number of hydrogen-bond acceptors (Lipinski definition) is 6. The Morgan fingerprint density at radius 1 is 1.36 bits per heavy atom. The lowest BCUT2D eigenvalue weighted by Crippen LogP contribution is -2.15. The van der Waals surface area contributed by atoms with Crippen molar-refractivity contribution in [3.8, 4) is 17.4 Å². The summed E-state index contributed by atoms with van der Waals surface area (Å²) in [6.45, 7) is 3.61. The average molecular weight is 340 g/mol. The lowest BCUT2D eigenvalue weighted by molar-refractivity contribution is -0.384. The molecule has 1 aromatic carbocycles. The third-order valence-electron chi connectivity index (χ3n) is 3.50. The average Bonchev–Trinajstić information content (AvgIpc) is 3.08. The van der Waals surface area contributed by atoms with Crippen LogP contribution in [0.5, 0.6) is 0 Å². The Morgan fingerprint density at radius 3 is 2.60 bits per heavy atom. The molecule has 0 saturated heterocycles. The first-order valence-corrected chi connectivity index (χ1v) is 7.62. The number of esters is 1. The van der Waals surface area contributed by atoms with Crippen molar-refractivity contribution >= 4 is 17.7 Å². The van der Waals surface area contributed by atoms with Gasteiger partial charge in [-0.15, -0.1) is 0 Å². The number of nitro groups is 1. The maximum atomic E-state index is 11.9. The number of ether oxygens (including phenoxy) is 1. The van der Waals surface area contributed by atoms with E-state index in [0.717, 1.165) is 0 Å². The summed E-state index contributed by atoms with van der Waals surface area (Å²) in [5.74, 6) is 0.0740. The first kappa shape index (κ1) is 17.9. The van der Waals surface area contributed by atoms with Gasteiger partial charge in [-0.05, 0) is 37.6 Å². The van der Waals surface area contributed by atoms with Gasteiger partial charge in [0.1, 0.15) is 23.2 Å². The van der Waals surface area contributed by atoms with Gasteiger partial charge in [0.05, 0.1) is 11.0 Å². The smallest absolute Gasteiger partial charge is 0.349 e. The van der Waals surface area contributed by atoms with Gasteiger partial charge in [0.15, 0.2) is 0 Å². The van der Waals surface area contributed by atoms with E-state index in [2.05, 4.69) is 0 Å². The molecule has 0 spiro atoms. The van der Waals surface area contributed by atoms with Gasteiger partial charge in [0.2, 0.25) is 0 Å². The molecule has 25 heavy (non-hydrogen) atoms. The number of rotatable bonds is 6. The van der Waals surface area contributed by atoms with Gasteiger partial charge in [-0.25, -0.2) is 4.79 Å². The van der Waals surface area contributed by atoms with Crippen molar-refractivity contribution in [2.75, 3.05) is 0 Å². The van der Waals surface area contributed by atoms with Crippen LogP contribution >= 0.6 is 0 Å². The fraction of sp³-hybridized carbons (Fsp3) is 0.222. The maximum absolute atomic E-state index is 11.9. The second-order valence-corrected chi connectivity index (χ2v) is 5.30. The quantitative estimate of drug-likeness (QED) is 0.257. The zero-order chi connectivity index (χ0) is 18.4. The normalized spacial score (nSPS) is 12.3. The highest BCUT2D eigenvalue weighted by atomic mass is 16.6. The van der Waals surface area contributed by atoms with Crippen molar-refractivity contribution in [3.05, 3.63) is 57.8 Å². The number of hydrogen-bond donors (Lipinski definition) is 0. The molecule has 1 aromatic heterocycles. The van der Waals surface area contributed by atoms with Crippen molar-refractivity contribution in [2.45, 2.75) is 26.4 Å². The van der Waals surface area contributed by atoms with Crippen molar-refractivity contribution in [3.63, 3.8) is 0 Å². The molecule has 2 aromatic rings. The van der Waals surface area contributed by atoms with E-state index in [1.54, 1.807) is 37.3 Å². The number of carbonyl (C=O) groups excluding carboxylic acids is 1. The monoisotopic (exact) mass is 340 g/mol. The summed E-state index contributed by atoms with van der Waals surface area (Å²) in [6, 6.07) is 10.9. The number of nitrogens with zero attached hydrogens (tertiary/aromatic N) is 2. The first-order chi connectivity index (χ1) is 11.9. The van der Waals surface area contributed by atoms with Crippen LogP contribution in [-0.4, -0.2) is 17.0 Å². The Kier molecular flexibility index (Phi) is 5.69. The minimum Gasteiger partial charge on any atom is -0.459 e. The summed E-state index contributed by atoms with van der Waals surface area (Å²) >= 11 is 0. The molecular formula is C18H16N2O5. The van der Waals surface area contributed by atoms with E-state index in [9.17, 15) is 14.9 Å². The summed E-state index contributed by atoms with van der Waals surface area (Å²) in [5.41, 5.74) is 0.464. The Bertz CT molecular complexity index is 843. The topological polar surface area (TPSA) is 106 Å². The molecule has 0 aliphatic rings. The number of nitriles is 1. The van der Waals surface area contributed by atoms with E-state index in [0.29, 0.717) is 23.5 Å².